The fourth-order valence-electron chi connectivity index (χ4n) is 4.65. The standard InChI is InChI=1S/C26H28N4O7/c1-29(14-16-2-7-23(27-13-16)36-18-8-10-35-11-9-18)26(34)37-19-4-3-17-15-30(25(33)20(17)12-19)21-5-6-22(31)28-24(21)32/h2-4,7,12-13,18,21H,5-6,8-11,14-15H2,1H3,(H,28,31,32). The van der Waals surface area contributed by atoms with Crippen molar-refractivity contribution in [1.29, 1.82) is 0 Å². The van der Waals surface area contributed by atoms with Crippen molar-refractivity contribution in [3.05, 3.63) is 53.2 Å². The molecule has 4 amide bonds. The van der Waals surface area contributed by atoms with E-state index >= 15 is 0 Å². The molecule has 1 atom stereocenters. The predicted octanol–water partition coefficient (Wildman–Crippen LogP) is 2.03. The average Bonchev–Trinajstić information content (AvgIpc) is 3.21. The van der Waals surface area contributed by atoms with Crippen molar-refractivity contribution in [1.82, 2.24) is 20.1 Å². The molecule has 2 aromatic rings. The molecule has 2 fully saturated rings. The molecule has 5 rings (SSSR count). The third-order valence-electron chi connectivity index (χ3n) is 6.69. The number of hydrogen-bond acceptors (Lipinski definition) is 8. The number of ether oxygens (including phenoxy) is 3. The molecule has 11 heteroatoms. The van der Waals surface area contributed by atoms with Gasteiger partial charge in [-0.3, -0.25) is 19.7 Å². The first-order valence-electron chi connectivity index (χ1n) is 12.3. The summed E-state index contributed by atoms with van der Waals surface area (Å²) in [5.74, 6) is -0.366. The number of fused-ring (bicyclic) bond motifs is 1. The van der Waals surface area contributed by atoms with Crippen LogP contribution in [0.5, 0.6) is 11.6 Å². The molecule has 11 nitrogen and oxygen atoms in total. The molecule has 1 aromatic heterocycles. The van der Waals surface area contributed by atoms with Crippen LogP contribution in [-0.4, -0.2) is 71.0 Å². The Labute approximate surface area is 213 Å². The minimum absolute atomic E-state index is 0.0973. The number of aromatic nitrogens is 1. The van der Waals surface area contributed by atoms with E-state index in [0.717, 1.165) is 24.0 Å². The summed E-state index contributed by atoms with van der Waals surface area (Å²) in [4.78, 5) is 56.5. The van der Waals surface area contributed by atoms with Crippen LogP contribution >= 0.6 is 0 Å². The van der Waals surface area contributed by atoms with Crippen LogP contribution in [0, 0.1) is 0 Å². The summed E-state index contributed by atoms with van der Waals surface area (Å²) >= 11 is 0. The average molecular weight is 509 g/mol. The van der Waals surface area contributed by atoms with E-state index in [2.05, 4.69) is 10.3 Å². The largest absolute Gasteiger partial charge is 0.474 e. The van der Waals surface area contributed by atoms with Crippen molar-refractivity contribution in [3.63, 3.8) is 0 Å². The molecule has 4 heterocycles. The van der Waals surface area contributed by atoms with Crippen molar-refractivity contribution >= 4 is 23.8 Å². The molecule has 1 unspecified atom stereocenters. The number of carbonyl (C=O) groups excluding carboxylic acids is 4. The highest BCUT2D eigenvalue weighted by atomic mass is 16.6. The molecule has 1 aromatic carbocycles. The van der Waals surface area contributed by atoms with Crippen LogP contribution in [0.1, 0.15) is 47.2 Å². The van der Waals surface area contributed by atoms with Gasteiger partial charge >= 0.3 is 6.09 Å². The molecule has 194 valence electrons. The number of nitrogens with zero attached hydrogens (tertiary/aromatic N) is 3. The summed E-state index contributed by atoms with van der Waals surface area (Å²) in [6, 6.07) is 7.78. The van der Waals surface area contributed by atoms with E-state index in [9.17, 15) is 19.2 Å². The number of piperidine rings is 1. The van der Waals surface area contributed by atoms with Crippen LogP contribution in [0.3, 0.4) is 0 Å². The number of hydrogen-bond donors (Lipinski definition) is 1. The lowest BCUT2D eigenvalue weighted by atomic mass is 10.0. The van der Waals surface area contributed by atoms with E-state index in [1.807, 2.05) is 6.07 Å². The van der Waals surface area contributed by atoms with Crippen molar-refractivity contribution in [2.24, 2.45) is 0 Å². The second-order valence-electron chi connectivity index (χ2n) is 9.38. The van der Waals surface area contributed by atoms with Crippen LogP contribution < -0.4 is 14.8 Å². The van der Waals surface area contributed by atoms with Gasteiger partial charge in [0.25, 0.3) is 5.91 Å². The van der Waals surface area contributed by atoms with E-state index in [1.54, 1.807) is 31.4 Å². The van der Waals surface area contributed by atoms with Crippen LogP contribution in [0.25, 0.3) is 0 Å². The summed E-state index contributed by atoms with van der Waals surface area (Å²) in [5, 5.41) is 2.28. The highest BCUT2D eigenvalue weighted by Gasteiger charge is 2.39. The van der Waals surface area contributed by atoms with Gasteiger partial charge in [0.05, 0.1) is 19.8 Å². The number of rotatable bonds is 6. The van der Waals surface area contributed by atoms with Crippen LogP contribution in [0.15, 0.2) is 36.5 Å². The Kier molecular flexibility index (Phi) is 7.04. The highest BCUT2D eigenvalue weighted by molar-refractivity contribution is 6.05. The van der Waals surface area contributed by atoms with Crippen molar-refractivity contribution < 1.29 is 33.4 Å². The van der Waals surface area contributed by atoms with Gasteiger partial charge in [0.15, 0.2) is 0 Å². The second-order valence-corrected chi connectivity index (χ2v) is 9.38. The Morgan fingerprint density at radius 3 is 2.70 bits per heavy atom. The van der Waals surface area contributed by atoms with Gasteiger partial charge in [-0.05, 0) is 29.7 Å². The molecule has 0 radical (unpaired) electrons. The lowest BCUT2D eigenvalue weighted by Crippen LogP contribution is -2.52. The molecule has 0 aliphatic carbocycles. The molecule has 37 heavy (non-hydrogen) atoms. The number of nitrogens with one attached hydrogen (secondary N) is 1. The maximum absolute atomic E-state index is 13.0. The van der Waals surface area contributed by atoms with E-state index in [0.29, 0.717) is 24.7 Å². The van der Waals surface area contributed by atoms with Gasteiger partial charge in [0.2, 0.25) is 17.7 Å². The third-order valence-corrected chi connectivity index (χ3v) is 6.69. The number of carbonyl (C=O) groups is 4. The minimum atomic E-state index is -0.697. The van der Waals surface area contributed by atoms with Gasteiger partial charge in [0.1, 0.15) is 17.9 Å². The fourth-order valence-corrected chi connectivity index (χ4v) is 4.65. The predicted molar refractivity (Wildman–Crippen MR) is 129 cm³/mol. The summed E-state index contributed by atoms with van der Waals surface area (Å²) < 4.78 is 16.7. The Morgan fingerprint density at radius 2 is 1.97 bits per heavy atom. The Bertz CT molecular complexity index is 1210. The fraction of sp³-hybridized carbons (Fsp3) is 0.423. The van der Waals surface area contributed by atoms with E-state index in [-0.39, 0.29) is 49.6 Å². The zero-order valence-electron chi connectivity index (χ0n) is 20.5. The highest BCUT2D eigenvalue weighted by Crippen LogP contribution is 2.30. The van der Waals surface area contributed by atoms with Gasteiger partial charge in [-0.1, -0.05) is 12.1 Å². The topological polar surface area (TPSA) is 127 Å². The Hall–Kier alpha value is -3.99. The summed E-state index contributed by atoms with van der Waals surface area (Å²) in [7, 11) is 1.61. The Balaban J connectivity index is 1.16. The lowest BCUT2D eigenvalue weighted by Gasteiger charge is -2.29. The van der Waals surface area contributed by atoms with E-state index in [4.69, 9.17) is 14.2 Å². The number of pyridine rings is 1. The van der Waals surface area contributed by atoms with Gasteiger partial charge in [-0.25, -0.2) is 9.78 Å². The Morgan fingerprint density at radius 1 is 1.16 bits per heavy atom. The number of benzene rings is 1. The molecule has 0 saturated carbocycles. The zero-order valence-corrected chi connectivity index (χ0v) is 20.5. The molecule has 0 spiro atoms. The van der Waals surface area contributed by atoms with Gasteiger partial charge in [0, 0.05) is 50.7 Å². The summed E-state index contributed by atoms with van der Waals surface area (Å²) in [6.07, 6.45) is 3.31. The van der Waals surface area contributed by atoms with Crippen molar-refractivity contribution in [2.45, 2.75) is 50.9 Å². The molecule has 3 aliphatic rings. The smallest absolute Gasteiger partial charge is 0.415 e. The van der Waals surface area contributed by atoms with Crippen molar-refractivity contribution in [2.75, 3.05) is 20.3 Å². The molecule has 0 bridgehead atoms. The third kappa shape index (κ3) is 5.56. The first-order chi connectivity index (χ1) is 17.9. The van der Waals surface area contributed by atoms with E-state index in [1.165, 1.54) is 15.9 Å². The maximum Gasteiger partial charge on any atom is 0.415 e. The quantitative estimate of drug-likeness (QED) is 0.588. The van der Waals surface area contributed by atoms with Gasteiger partial charge in [-0.2, -0.15) is 0 Å². The number of imide groups is 1. The van der Waals surface area contributed by atoms with Gasteiger partial charge in [-0.15, -0.1) is 0 Å². The van der Waals surface area contributed by atoms with Gasteiger partial charge < -0.3 is 24.0 Å². The monoisotopic (exact) mass is 508 g/mol. The number of amides is 4. The van der Waals surface area contributed by atoms with Crippen molar-refractivity contribution in [3.8, 4) is 11.6 Å². The molecule has 3 aliphatic heterocycles. The minimum Gasteiger partial charge on any atom is -0.474 e. The maximum atomic E-state index is 13.0. The first-order valence-corrected chi connectivity index (χ1v) is 12.3. The molecular weight excluding hydrogens is 480 g/mol. The van der Waals surface area contributed by atoms with Crippen LogP contribution in [0.4, 0.5) is 4.79 Å². The lowest BCUT2D eigenvalue weighted by molar-refractivity contribution is -0.136. The zero-order chi connectivity index (χ0) is 25.9. The summed E-state index contributed by atoms with van der Waals surface area (Å²) in [6.45, 7) is 1.91. The summed E-state index contributed by atoms with van der Waals surface area (Å²) in [5.41, 5.74) is 1.92. The van der Waals surface area contributed by atoms with Crippen LogP contribution in [0.2, 0.25) is 0 Å². The molecule has 1 N–H and O–H groups in total. The first kappa shape index (κ1) is 24.7. The SMILES string of the molecule is CN(Cc1ccc(OC2CCOCC2)nc1)C(=O)Oc1ccc2c(c1)C(=O)N(C1CCC(=O)NC1=O)C2. The van der Waals surface area contributed by atoms with Crippen LogP contribution in [-0.2, 0) is 27.4 Å². The molecular formula is C26H28N4O7. The molecule has 2 saturated heterocycles. The van der Waals surface area contributed by atoms with E-state index < -0.39 is 18.0 Å². The normalized spacial score (nSPS) is 19.9. The second kappa shape index (κ2) is 10.6.